The molecule has 0 atom stereocenters. The number of nitrogens with zero attached hydrogens (tertiary/aromatic N) is 2. The van der Waals surface area contributed by atoms with Crippen molar-refractivity contribution in [3.05, 3.63) is 34.6 Å². The van der Waals surface area contributed by atoms with E-state index in [0.717, 1.165) is 0 Å². The van der Waals surface area contributed by atoms with E-state index in [-0.39, 0.29) is 11.6 Å². The second-order valence-electron chi connectivity index (χ2n) is 1.67. The van der Waals surface area contributed by atoms with Crippen molar-refractivity contribution >= 4 is 0 Å². The number of aromatic nitrogens is 1. The van der Waals surface area contributed by atoms with Crippen LogP contribution in [0, 0.1) is 10.1 Å². The number of rotatable bonds is 2. The van der Waals surface area contributed by atoms with E-state index in [4.69, 9.17) is 0 Å². The normalized spacial score (nSPS) is 9.33. The lowest BCUT2D eigenvalue weighted by Crippen LogP contribution is -2.04. The minimum Gasteiger partial charge on any atom is -0.295 e. The first-order chi connectivity index (χ1) is 4.29. The van der Waals surface area contributed by atoms with Gasteiger partial charge in [0.15, 0.2) is 0 Å². The molecule has 0 N–H and O–H groups in total. The summed E-state index contributed by atoms with van der Waals surface area (Å²) < 4.78 is 1.50. The van der Waals surface area contributed by atoms with E-state index in [9.17, 15) is 10.1 Å². The third-order valence-electron chi connectivity index (χ3n) is 0.945. The molecule has 0 bridgehead atoms. The van der Waals surface area contributed by atoms with Gasteiger partial charge in [-0.1, -0.05) is 0 Å². The van der Waals surface area contributed by atoms with E-state index in [0.29, 0.717) is 0 Å². The summed E-state index contributed by atoms with van der Waals surface area (Å²) in [7, 11) is 0. The summed E-state index contributed by atoms with van der Waals surface area (Å²) >= 11 is 0. The third-order valence-corrected chi connectivity index (χ3v) is 0.945. The molecule has 1 heterocycles. The van der Waals surface area contributed by atoms with E-state index in [1.165, 1.54) is 4.57 Å². The van der Waals surface area contributed by atoms with Crippen LogP contribution >= 0.6 is 0 Å². The first kappa shape index (κ1) is 5.81. The zero-order valence-electron chi connectivity index (χ0n) is 4.73. The monoisotopic (exact) mass is 126 g/mol. The van der Waals surface area contributed by atoms with Crippen LogP contribution in [0.15, 0.2) is 24.5 Å². The highest BCUT2D eigenvalue weighted by Gasteiger charge is 1.93. The number of hydrogen-bond acceptors (Lipinski definition) is 2. The van der Waals surface area contributed by atoms with Crippen LogP contribution < -0.4 is 0 Å². The molecule has 0 spiro atoms. The smallest absolute Gasteiger partial charge is 0.281 e. The first-order valence-corrected chi connectivity index (χ1v) is 2.51. The zero-order chi connectivity index (χ0) is 6.69. The molecular formula is C5H6N2O2. The van der Waals surface area contributed by atoms with Crippen LogP contribution in [0.2, 0.25) is 0 Å². The molecule has 0 aliphatic heterocycles. The second kappa shape index (κ2) is 2.30. The Morgan fingerprint density at radius 2 is 2.00 bits per heavy atom. The highest BCUT2D eigenvalue weighted by Crippen LogP contribution is 1.88. The van der Waals surface area contributed by atoms with E-state index in [2.05, 4.69) is 0 Å². The van der Waals surface area contributed by atoms with Gasteiger partial charge in [-0.05, 0) is 12.1 Å². The Balaban J connectivity index is 2.58. The van der Waals surface area contributed by atoms with Gasteiger partial charge in [0, 0.05) is 17.3 Å². The van der Waals surface area contributed by atoms with Crippen LogP contribution in [0.3, 0.4) is 0 Å². The fourth-order valence-corrected chi connectivity index (χ4v) is 0.598. The predicted molar refractivity (Wildman–Crippen MR) is 31.4 cm³/mol. The summed E-state index contributed by atoms with van der Waals surface area (Å²) in [6.07, 6.45) is 3.31. The standard InChI is InChI=1S/C5H6N2O2/c8-7(9)5-6-3-1-2-4-6/h1-4H,5H2. The maximum absolute atomic E-state index is 9.85. The average Bonchev–Trinajstić information content (AvgIpc) is 2.15. The molecule has 4 heteroatoms. The molecule has 0 fully saturated rings. The quantitative estimate of drug-likeness (QED) is 0.433. The van der Waals surface area contributed by atoms with Gasteiger partial charge in [-0.2, -0.15) is 0 Å². The molecule has 9 heavy (non-hydrogen) atoms. The number of hydrogen-bond donors (Lipinski definition) is 0. The Morgan fingerprint density at radius 1 is 1.44 bits per heavy atom. The molecule has 0 aromatic carbocycles. The van der Waals surface area contributed by atoms with Gasteiger partial charge in [0.25, 0.3) is 6.67 Å². The van der Waals surface area contributed by atoms with Crippen molar-refractivity contribution in [1.29, 1.82) is 0 Å². The van der Waals surface area contributed by atoms with Gasteiger partial charge in [0.05, 0.1) is 0 Å². The Labute approximate surface area is 51.9 Å². The topological polar surface area (TPSA) is 48.1 Å². The summed E-state index contributed by atoms with van der Waals surface area (Å²) in [5.41, 5.74) is 0. The molecule has 1 rings (SSSR count). The van der Waals surface area contributed by atoms with E-state index in [1.807, 2.05) is 0 Å². The van der Waals surface area contributed by atoms with Crippen LogP contribution in [0.25, 0.3) is 0 Å². The highest BCUT2D eigenvalue weighted by atomic mass is 16.6. The van der Waals surface area contributed by atoms with Gasteiger partial charge in [0.2, 0.25) is 0 Å². The van der Waals surface area contributed by atoms with Crippen molar-refractivity contribution in [2.75, 3.05) is 0 Å². The average molecular weight is 126 g/mol. The minimum atomic E-state index is -0.375. The van der Waals surface area contributed by atoms with Gasteiger partial charge in [0.1, 0.15) is 0 Å². The number of nitro groups is 1. The molecule has 1 aromatic rings. The molecule has 0 saturated heterocycles. The Morgan fingerprint density at radius 3 is 2.44 bits per heavy atom. The van der Waals surface area contributed by atoms with E-state index < -0.39 is 0 Å². The fourth-order valence-electron chi connectivity index (χ4n) is 0.598. The van der Waals surface area contributed by atoms with Crippen LogP contribution in [0.4, 0.5) is 0 Å². The van der Waals surface area contributed by atoms with Gasteiger partial charge in [-0.15, -0.1) is 0 Å². The van der Waals surface area contributed by atoms with Gasteiger partial charge in [-0.25, -0.2) is 0 Å². The van der Waals surface area contributed by atoms with Crippen molar-refractivity contribution in [2.24, 2.45) is 0 Å². The molecule has 0 radical (unpaired) electrons. The van der Waals surface area contributed by atoms with Crippen LogP contribution in [-0.2, 0) is 6.67 Å². The highest BCUT2D eigenvalue weighted by molar-refractivity contribution is 4.89. The molecule has 48 valence electrons. The van der Waals surface area contributed by atoms with Crippen molar-refractivity contribution in [3.63, 3.8) is 0 Å². The van der Waals surface area contributed by atoms with Gasteiger partial charge >= 0.3 is 0 Å². The van der Waals surface area contributed by atoms with Crippen molar-refractivity contribution in [3.8, 4) is 0 Å². The van der Waals surface area contributed by atoms with Crippen LogP contribution in [-0.4, -0.2) is 9.49 Å². The second-order valence-corrected chi connectivity index (χ2v) is 1.67. The lowest BCUT2D eigenvalue weighted by atomic mass is 10.7. The summed E-state index contributed by atoms with van der Waals surface area (Å²) in [6.45, 7) is -0.146. The molecule has 0 aliphatic rings. The maximum Gasteiger partial charge on any atom is 0.281 e. The molecule has 0 amide bonds. The summed E-state index contributed by atoms with van der Waals surface area (Å²) in [4.78, 5) is 9.48. The molecular weight excluding hydrogens is 120 g/mol. The summed E-state index contributed by atoms with van der Waals surface area (Å²) in [5.74, 6) is 0. The summed E-state index contributed by atoms with van der Waals surface area (Å²) in [5, 5.41) is 9.85. The first-order valence-electron chi connectivity index (χ1n) is 2.51. The lowest BCUT2D eigenvalue weighted by Gasteiger charge is -1.91. The Kier molecular flexibility index (Phi) is 1.48. The van der Waals surface area contributed by atoms with Crippen LogP contribution in [0.5, 0.6) is 0 Å². The SMILES string of the molecule is O=[N+]([O-])Cn1cccc1. The predicted octanol–water partition coefficient (Wildman–Crippen LogP) is 0.722. The van der Waals surface area contributed by atoms with Gasteiger partial charge in [-0.3, -0.25) is 14.7 Å². The van der Waals surface area contributed by atoms with E-state index >= 15 is 0 Å². The Bertz CT molecular complexity index is 193. The fraction of sp³-hybridized carbons (Fsp3) is 0.200. The lowest BCUT2D eigenvalue weighted by molar-refractivity contribution is -0.514. The zero-order valence-corrected chi connectivity index (χ0v) is 4.73. The molecule has 0 saturated carbocycles. The van der Waals surface area contributed by atoms with Crippen molar-refractivity contribution in [2.45, 2.75) is 6.67 Å². The largest absolute Gasteiger partial charge is 0.295 e. The third kappa shape index (κ3) is 1.56. The van der Waals surface area contributed by atoms with Crippen molar-refractivity contribution in [1.82, 2.24) is 4.57 Å². The molecule has 0 aliphatic carbocycles. The minimum absolute atomic E-state index is 0.146. The molecule has 4 nitrogen and oxygen atoms in total. The molecule has 0 unspecified atom stereocenters. The van der Waals surface area contributed by atoms with Crippen molar-refractivity contribution < 1.29 is 4.92 Å². The van der Waals surface area contributed by atoms with Gasteiger partial charge < -0.3 is 0 Å². The summed E-state index contributed by atoms with van der Waals surface area (Å²) in [6, 6.07) is 3.51. The maximum atomic E-state index is 9.85. The molecule has 1 aromatic heterocycles. The van der Waals surface area contributed by atoms with Crippen LogP contribution in [0.1, 0.15) is 0 Å². The Hall–Kier alpha value is -1.32. The van der Waals surface area contributed by atoms with E-state index in [1.54, 1.807) is 24.5 Å².